The number of nitrogens with zero attached hydrogens (tertiary/aromatic N) is 1. The maximum atomic E-state index is 11.5. The molecular formula is C13H18N2O3. The highest BCUT2D eigenvalue weighted by Crippen LogP contribution is 2.10. The fourth-order valence-electron chi connectivity index (χ4n) is 1.39. The van der Waals surface area contributed by atoms with Gasteiger partial charge in [0.25, 0.3) is 0 Å². The largest absolute Gasteiger partial charge is 0.460 e. The Bertz CT molecular complexity index is 450. The number of carbonyl (C=O) groups is 2. The van der Waals surface area contributed by atoms with Crippen LogP contribution in [0, 0.1) is 0 Å². The Morgan fingerprint density at radius 2 is 2.06 bits per heavy atom. The van der Waals surface area contributed by atoms with Crippen molar-refractivity contribution >= 4 is 11.9 Å². The van der Waals surface area contributed by atoms with Gasteiger partial charge in [-0.25, -0.2) is 0 Å². The van der Waals surface area contributed by atoms with Crippen LogP contribution in [0.4, 0.5) is 0 Å². The molecule has 0 fully saturated rings. The van der Waals surface area contributed by atoms with Crippen LogP contribution in [0.2, 0.25) is 0 Å². The number of hydrogen-bond donors (Lipinski definition) is 1. The Balaban J connectivity index is 2.56. The van der Waals surface area contributed by atoms with Crippen molar-refractivity contribution in [3.63, 3.8) is 0 Å². The Morgan fingerprint density at radius 3 is 2.61 bits per heavy atom. The van der Waals surface area contributed by atoms with Crippen LogP contribution < -0.4 is 5.73 Å². The summed E-state index contributed by atoms with van der Waals surface area (Å²) in [6.07, 6.45) is 2.16. The molecule has 2 N–H and O–H groups in total. The summed E-state index contributed by atoms with van der Waals surface area (Å²) in [6, 6.07) is 3.13. The summed E-state index contributed by atoms with van der Waals surface area (Å²) in [5.74, 6) is -0.787. The van der Waals surface area contributed by atoms with Crippen LogP contribution in [-0.4, -0.2) is 22.5 Å². The molecule has 0 spiro atoms. The molecule has 0 aliphatic rings. The van der Waals surface area contributed by atoms with Gasteiger partial charge in [-0.05, 0) is 32.9 Å². The van der Waals surface area contributed by atoms with E-state index in [1.165, 1.54) is 6.20 Å². The summed E-state index contributed by atoms with van der Waals surface area (Å²) in [6.45, 7) is 5.45. The molecule has 1 rings (SSSR count). The highest BCUT2D eigenvalue weighted by Gasteiger charge is 2.16. The van der Waals surface area contributed by atoms with Gasteiger partial charge in [0, 0.05) is 23.9 Å². The minimum atomic E-state index is -0.504. The Morgan fingerprint density at radius 1 is 1.39 bits per heavy atom. The first-order valence-corrected chi connectivity index (χ1v) is 5.74. The van der Waals surface area contributed by atoms with E-state index in [9.17, 15) is 9.59 Å². The summed E-state index contributed by atoms with van der Waals surface area (Å²) in [5, 5.41) is 0. The molecule has 0 unspecified atom stereocenters. The van der Waals surface area contributed by atoms with E-state index in [0.29, 0.717) is 17.7 Å². The lowest BCUT2D eigenvalue weighted by molar-refractivity contribution is -0.154. The van der Waals surface area contributed by atoms with Gasteiger partial charge in [-0.2, -0.15) is 0 Å². The Kier molecular flexibility index (Phi) is 4.42. The van der Waals surface area contributed by atoms with Crippen molar-refractivity contribution in [3.8, 4) is 0 Å². The number of esters is 1. The zero-order valence-corrected chi connectivity index (χ0v) is 10.9. The first kappa shape index (κ1) is 14.2. The molecule has 0 atom stereocenters. The second-order valence-electron chi connectivity index (χ2n) is 4.99. The van der Waals surface area contributed by atoms with Crippen LogP contribution in [0.5, 0.6) is 0 Å². The number of ether oxygens (including phenoxy) is 1. The van der Waals surface area contributed by atoms with Crippen molar-refractivity contribution in [1.82, 2.24) is 4.98 Å². The summed E-state index contributed by atoms with van der Waals surface area (Å²) in [5.41, 5.74) is 5.72. The zero-order valence-electron chi connectivity index (χ0n) is 10.9. The summed E-state index contributed by atoms with van der Waals surface area (Å²) < 4.78 is 5.18. The summed E-state index contributed by atoms with van der Waals surface area (Å²) in [7, 11) is 0. The molecule has 98 valence electrons. The predicted octanol–water partition coefficient (Wildman–Crippen LogP) is 1.45. The molecule has 1 amide bonds. The topological polar surface area (TPSA) is 82.3 Å². The number of amides is 1. The van der Waals surface area contributed by atoms with E-state index in [1.807, 2.05) is 20.8 Å². The lowest BCUT2D eigenvalue weighted by Gasteiger charge is -2.19. The monoisotopic (exact) mass is 250 g/mol. The third-order valence-corrected chi connectivity index (χ3v) is 2.11. The third kappa shape index (κ3) is 4.95. The minimum Gasteiger partial charge on any atom is -0.460 e. The van der Waals surface area contributed by atoms with Crippen molar-refractivity contribution in [3.05, 3.63) is 29.6 Å². The average Bonchev–Trinajstić information content (AvgIpc) is 2.24. The van der Waals surface area contributed by atoms with E-state index in [1.54, 1.807) is 12.1 Å². The van der Waals surface area contributed by atoms with Gasteiger partial charge in [0.05, 0.1) is 6.42 Å². The van der Waals surface area contributed by atoms with Crippen molar-refractivity contribution in [2.24, 2.45) is 5.73 Å². The van der Waals surface area contributed by atoms with Gasteiger partial charge in [0.1, 0.15) is 5.60 Å². The minimum absolute atomic E-state index is 0.229. The number of pyridine rings is 1. The normalized spacial score (nSPS) is 11.1. The fraction of sp³-hybridized carbons (Fsp3) is 0.462. The third-order valence-electron chi connectivity index (χ3n) is 2.11. The van der Waals surface area contributed by atoms with Gasteiger partial charge < -0.3 is 10.5 Å². The number of nitrogens with two attached hydrogens (primary N) is 1. The van der Waals surface area contributed by atoms with E-state index in [2.05, 4.69) is 4.98 Å². The van der Waals surface area contributed by atoms with Gasteiger partial charge in [0.2, 0.25) is 5.91 Å². The second kappa shape index (κ2) is 5.62. The molecule has 0 aromatic carbocycles. The molecule has 18 heavy (non-hydrogen) atoms. The van der Waals surface area contributed by atoms with Gasteiger partial charge in [-0.3, -0.25) is 14.6 Å². The Hall–Kier alpha value is -1.91. The van der Waals surface area contributed by atoms with Crippen molar-refractivity contribution in [2.75, 3.05) is 0 Å². The molecular weight excluding hydrogens is 232 g/mol. The maximum absolute atomic E-state index is 11.5. The molecule has 1 aromatic heterocycles. The first-order chi connectivity index (χ1) is 8.28. The van der Waals surface area contributed by atoms with Gasteiger partial charge in [-0.15, -0.1) is 0 Å². The predicted molar refractivity (Wildman–Crippen MR) is 66.9 cm³/mol. The number of aryl methyl sites for hydroxylation is 1. The van der Waals surface area contributed by atoms with Crippen LogP contribution in [0.1, 0.15) is 43.2 Å². The van der Waals surface area contributed by atoms with E-state index in [0.717, 1.165) is 0 Å². The highest BCUT2D eigenvalue weighted by molar-refractivity contribution is 5.92. The quantitative estimate of drug-likeness (QED) is 0.820. The first-order valence-electron chi connectivity index (χ1n) is 5.74. The second-order valence-corrected chi connectivity index (χ2v) is 4.99. The number of primary amides is 1. The van der Waals surface area contributed by atoms with E-state index in [-0.39, 0.29) is 12.4 Å². The van der Waals surface area contributed by atoms with Gasteiger partial charge >= 0.3 is 5.97 Å². The van der Waals surface area contributed by atoms with Crippen molar-refractivity contribution < 1.29 is 14.3 Å². The lowest BCUT2D eigenvalue weighted by Crippen LogP contribution is -2.24. The van der Waals surface area contributed by atoms with Crippen LogP contribution in [0.15, 0.2) is 18.3 Å². The summed E-state index contributed by atoms with van der Waals surface area (Å²) >= 11 is 0. The molecule has 0 aliphatic carbocycles. The number of carbonyl (C=O) groups excluding carboxylic acids is 2. The molecule has 0 saturated carbocycles. The Labute approximate surface area is 106 Å². The van der Waals surface area contributed by atoms with Gasteiger partial charge in [-0.1, -0.05) is 0 Å². The molecule has 0 aliphatic heterocycles. The molecule has 0 saturated heterocycles. The SMILES string of the molecule is CC(C)(C)OC(=O)CCc1cc(C(N)=O)ccn1. The molecule has 1 heterocycles. The molecule has 5 nitrogen and oxygen atoms in total. The summed E-state index contributed by atoms with van der Waals surface area (Å²) in [4.78, 5) is 26.6. The smallest absolute Gasteiger partial charge is 0.306 e. The number of aromatic nitrogens is 1. The fourth-order valence-corrected chi connectivity index (χ4v) is 1.39. The lowest BCUT2D eigenvalue weighted by atomic mass is 10.1. The zero-order chi connectivity index (χ0) is 13.8. The van der Waals surface area contributed by atoms with Crippen LogP contribution >= 0.6 is 0 Å². The van der Waals surface area contributed by atoms with Gasteiger partial charge in [0.15, 0.2) is 0 Å². The van der Waals surface area contributed by atoms with Crippen molar-refractivity contribution in [1.29, 1.82) is 0 Å². The molecule has 0 radical (unpaired) electrons. The van der Waals surface area contributed by atoms with Crippen LogP contribution in [0.25, 0.3) is 0 Å². The van der Waals surface area contributed by atoms with Crippen LogP contribution in [-0.2, 0) is 16.0 Å². The average molecular weight is 250 g/mol. The standard InChI is InChI=1S/C13H18N2O3/c1-13(2,3)18-11(16)5-4-10-8-9(12(14)17)6-7-15-10/h6-8H,4-5H2,1-3H3,(H2,14,17). The molecule has 5 heteroatoms. The van der Waals surface area contributed by atoms with E-state index >= 15 is 0 Å². The molecule has 1 aromatic rings. The number of hydrogen-bond acceptors (Lipinski definition) is 4. The highest BCUT2D eigenvalue weighted by atomic mass is 16.6. The van der Waals surface area contributed by atoms with E-state index < -0.39 is 11.5 Å². The number of rotatable bonds is 4. The van der Waals surface area contributed by atoms with Crippen LogP contribution in [0.3, 0.4) is 0 Å². The van der Waals surface area contributed by atoms with E-state index in [4.69, 9.17) is 10.5 Å². The maximum Gasteiger partial charge on any atom is 0.306 e. The molecule has 0 bridgehead atoms. The van der Waals surface area contributed by atoms with Crippen molar-refractivity contribution in [2.45, 2.75) is 39.2 Å².